The van der Waals surface area contributed by atoms with E-state index in [0.29, 0.717) is 29.7 Å². The van der Waals surface area contributed by atoms with Gasteiger partial charge in [-0.2, -0.15) is 0 Å². The Morgan fingerprint density at radius 3 is 2.48 bits per heavy atom. The Hall–Kier alpha value is -0.850. The van der Waals surface area contributed by atoms with Crippen molar-refractivity contribution >= 4 is 5.78 Å². The van der Waals surface area contributed by atoms with Gasteiger partial charge in [-0.25, -0.2) is 0 Å². The Balaban J connectivity index is 2.18. The predicted octanol–water partition coefficient (Wildman–Crippen LogP) is 3.52. The highest BCUT2D eigenvalue weighted by Crippen LogP contribution is 2.38. The van der Waals surface area contributed by atoms with E-state index in [1.54, 1.807) is 6.92 Å². The first kappa shape index (κ1) is 18.5. The van der Waals surface area contributed by atoms with E-state index in [1.165, 1.54) is 0 Å². The van der Waals surface area contributed by atoms with Gasteiger partial charge < -0.3 is 4.74 Å². The number of hydrogen-bond donors (Lipinski definition) is 0. The van der Waals surface area contributed by atoms with E-state index in [1.807, 2.05) is 0 Å². The van der Waals surface area contributed by atoms with E-state index in [0.717, 1.165) is 51.9 Å². The highest BCUT2D eigenvalue weighted by atomic mass is 16.5. The van der Waals surface area contributed by atoms with Gasteiger partial charge in [-0.15, -0.1) is 5.92 Å². The summed E-state index contributed by atoms with van der Waals surface area (Å²) in [5.41, 5.74) is 0. The second-order valence-electron chi connectivity index (χ2n) is 7.16. The maximum atomic E-state index is 12.2. The summed E-state index contributed by atoms with van der Waals surface area (Å²) in [5.74, 6) is 7.99. The van der Waals surface area contributed by atoms with Crippen LogP contribution >= 0.6 is 0 Å². The van der Waals surface area contributed by atoms with Crippen molar-refractivity contribution in [2.75, 3.05) is 19.8 Å². The lowest BCUT2D eigenvalue weighted by Crippen LogP contribution is -2.53. The molecule has 1 saturated heterocycles. The zero-order valence-corrected chi connectivity index (χ0v) is 15.3. The molecule has 4 atom stereocenters. The van der Waals surface area contributed by atoms with Gasteiger partial charge in [0.2, 0.25) is 0 Å². The molecule has 1 saturated carbocycles. The SMILES string of the molecule is CCC#CC1CC(C(C)=O)C(C)C(N(CC)C2CCOCC2)C1. The molecule has 0 bridgehead atoms. The van der Waals surface area contributed by atoms with Crippen molar-refractivity contribution in [2.24, 2.45) is 17.8 Å². The van der Waals surface area contributed by atoms with Crippen molar-refractivity contribution in [3.8, 4) is 11.8 Å². The van der Waals surface area contributed by atoms with Crippen LogP contribution in [-0.4, -0.2) is 42.5 Å². The molecular weight excluding hydrogens is 286 g/mol. The summed E-state index contributed by atoms with van der Waals surface area (Å²) in [7, 11) is 0. The maximum absolute atomic E-state index is 12.2. The molecule has 0 aromatic heterocycles. The average Bonchev–Trinajstić information content (AvgIpc) is 2.56. The Morgan fingerprint density at radius 1 is 1.22 bits per heavy atom. The number of hydrogen-bond acceptors (Lipinski definition) is 3. The van der Waals surface area contributed by atoms with Crippen molar-refractivity contribution in [1.82, 2.24) is 4.90 Å². The van der Waals surface area contributed by atoms with Crippen LogP contribution in [0.1, 0.15) is 59.8 Å². The molecule has 1 heterocycles. The van der Waals surface area contributed by atoms with E-state index in [4.69, 9.17) is 4.74 Å². The van der Waals surface area contributed by atoms with Crippen molar-refractivity contribution in [3.05, 3.63) is 0 Å². The topological polar surface area (TPSA) is 29.5 Å². The number of carbonyl (C=O) groups excluding carboxylic acids is 1. The molecule has 0 aromatic carbocycles. The second-order valence-corrected chi connectivity index (χ2v) is 7.16. The number of nitrogens with zero attached hydrogens (tertiary/aromatic N) is 1. The maximum Gasteiger partial charge on any atom is 0.133 e. The summed E-state index contributed by atoms with van der Waals surface area (Å²) in [5, 5.41) is 0. The summed E-state index contributed by atoms with van der Waals surface area (Å²) in [6, 6.07) is 1.08. The van der Waals surface area contributed by atoms with Crippen molar-refractivity contribution in [3.63, 3.8) is 0 Å². The third kappa shape index (κ3) is 4.58. The van der Waals surface area contributed by atoms with E-state index >= 15 is 0 Å². The zero-order valence-electron chi connectivity index (χ0n) is 15.3. The molecule has 3 heteroatoms. The van der Waals surface area contributed by atoms with Gasteiger partial charge >= 0.3 is 0 Å². The minimum atomic E-state index is 0.166. The average molecular weight is 319 g/mol. The van der Waals surface area contributed by atoms with E-state index in [2.05, 4.69) is 37.5 Å². The molecule has 2 aliphatic rings. The number of carbonyl (C=O) groups is 1. The van der Waals surface area contributed by atoms with Crippen LogP contribution in [0.5, 0.6) is 0 Å². The fraction of sp³-hybridized carbons (Fsp3) is 0.850. The number of rotatable bonds is 4. The Bertz CT molecular complexity index is 444. The molecule has 1 aliphatic carbocycles. The first-order valence-corrected chi connectivity index (χ1v) is 9.40. The molecule has 0 spiro atoms. The van der Waals surface area contributed by atoms with Crippen LogP contribution in [0.2, 0.25) is 0 Å². The Labute approximate surface area is 142 Å². The van der Waals surface area contributed by atoms with Crippen LogP contribution in [0.3, 0.4) is 0 Å². The second kappa shape index (κ2) is 8.85. The molecule has 0 aromatic rings. The van der Waals surface area contributed by atoms with E-state index < -0.39 is 0 Å². The van der Waals surface area contributed by atoms with Crippen LogP contribution in [0.15, 0.2) is 0 Å². The fourth-order valence-electron chi connectivity index (χ4n) is 4.51. The highest BCUT2D eigenvalue weighted by molar-refractivity contribution is 5.78. The molecule has 0 amide bonds. The monoisotopic (exact) mass is 319 g/mol. The largest absolute Gasteiger partial charge is 0.381 e. The molecule has 2 fully saturated rings. The minimum absolute atomic E-state index is 0.166. The molecule has 0 N–H and O–H groups in total. The zero-order chi connectivity index (χ0) is 16.8. The number of ketones is 1. The summed E-state index contributed by atoms with van der Waals surface area (Å²) in [4.78, 5) is 14.8. The molecule has 1 aliphatic heterocycles. The molecule has 3 nitrogen and oxygen atoms in total. The van der Waals surface area contributed by atoms with Crippen LogP contribution in [0.25, 0.3) is 0 Å². The highest BCUT2D eigenvalue weighted by Gasteiger charge is 2.41. The van der Waals surface area contributed by atoms with Crippen molar-refractivity contribution in [1.29, 1.82) is 0 Å². The standard InChI is InChI=1S/C20H33NO2/c1-5-7-8-17-13-19(16(4)22)15(3)20(14-17)21(6-2)18-9-11-23-12-10-18/h15,17-20H,5-6,9-14H2,1-4H3. The smallest absolute Gasteiger partial charge is 0.133 e. The summed E-state index contributed by atoms with van der Waals surface area (Å²) in [6.07, 6.45) is 5.20. The van der Waals surface area contributed by atoms with Crippen LogP contribution < -0.4 is 0 Å². The van der Waals surface area contributed by atoms with Gasteiger partial charge in [-0.1, -0.05) is 26.7 Å². The van der Waals surface area contributed by atoms with Gasteiger partial charge in [0.15, 0.2) is 0 Å². The minimum Gasteiger partial charge on any atom is -0.381 e. The fourth-order valence-corrected chi connectivity index (χ4v) is 4.51. The summed E-state index contributed by atoms with van der Waals surface area (Å²) in [6.45, 7) is 11.2. The molecule has 23 heavy (non-hydrogen) atoms. The molecule has 4 unspecified atom stereocenters. The molecule has 130 valence electrons. The predicted molar refractivity (Wildman–Crippen MR) is 94.1 cm³/mol. The molecule has 0 radical (unpaired) electrons. The third-order valence-electron chi connectivity index (χ3n) is 5.76. The van der Waals surface area contributed by atoms with E-state index in [-0.39, 0.29) is 5.92 Å². The molecular formula is C20H33NO2. The normalized spacial score (nSPS) is 32.4. The Morgan fingerprint density at radius 2 is 1.91 bits per heavy atom. The van der Waals surface area contributed by atoms with Crippen molar-refractivity contribution in [2.45, 2.75) is 71.9 Å². The van der Waals surface area contributed by atoms with Crippen LogP contribution in [0, 0.1) is 29.6 Å². The van der Waals surface area contributed by atoms with E-state index in [9.17, 15) is 4.79 Å². The first-order valence-electron chi connectivity index (χ1n) is 9.40. The van der Waals surface area contributed by atoms with Gasteiger partial charge in [0.1, 0.15) is 5.78 Å². The van der Waals surface area contributed by atoms with Gasteiger partial charge in [-0.3, -0.25) is 9.69 Å². The van der Waals surface area contributed by atoms with Crippen molar-refractivity contribution < 1.29 is 9.53 Å². The lowest BCUT2D eigenvalue weighted by atomic mass is 9.69. The van der Waals surface area contributed by atoms with Gasteiger partial charge in [0, 0.05) is 43.6 Å². The van der Waals surface area contributed by atoms with Gasteiger partial charge in [0.25, 0.3) is 0 Å². The Kier molecular flexibility index (Phi) is 7.11. The van der Waals surface area contributed by atoms with Crippen LogP contribution in [0.4, 0.5) is 0 Å². The first-order chi connectivity index (χ1) is 11.1. The summed E-state index contributed by atoms with van der Waals surface area (Å²) >= 11 is 0. The van der Waals surface area contributed by atoms with Gasteiger partial charge in [-0.05, 0) is 45.1 Å². The molecule has 2 rings (SSSR count). The lowest BCUT2D eigenvalue weighted by molar-refractivity contribution is -0.125. The lowest BCUT2D eigenvalue weighted by Gasteiger charge is -2.47. The summed E-state index contributed by atoms with van der Waals surface area (Å²) < 4.78 is 5.54. The quantitative estimate of drug-likeness (QED) is 0.743. The number of ether oxygens (including phenoxy) is 1. The van der Waals surface area contributed by atoms with Crippen LogP contribution in [-0.2, 0) is 9.53 Å². The van der Waals surface area contributed by atoms with Gasteiger partial charge in [0.05, 0.1) is 0 Å². The third-order valence-corrected chi connectivity index (χ3v) is 5.76. The number of Topliss-reactive ketones (excluding diaryl/α,β-unsaturated/α-hetero) is 1.